The summed E-state index contributed by atoms with van der Waals surface area (Å²) >= 11 is 0. The molecule has 0 fully saturated rings. The lowest BCUT2D eigenvalue weighted by molar-refractivity contribution is -0.481. The highest BCUT2D eigenvalue weighted by Crippen LogP contribution is 2.47. The zero-order valence-corrected chi connectivity index (χ0v) is 15.6. The van der Waals surface area contributed by atoms with Crippen LogP contribution in [0.4, 0.5) is 5.69 Å². The summed E-state index contributed by atoms with van der Waals surface area (Å²) < 4.78 is 10.8. The Bertz CT molecular complexity index is 936. The normalized spacial score (nSPS) is 19.2. The van der Waals surface area contributed by atoms with Gasteiger partial charge in [0.15, 0.2) is 11.5 Å². The molecule has 140 valence electrons. The number of fused-ring (bicyclic) bond motifs is 2. The van der Waals surface area contributed by atoms with Crippen molar-refractivity contribution in [2.75, 3.05) is 25.3 Å². The molecule has 2 heterocycles. The van der Waals surface area contributed by atoms with Gasteiger partial charge < -0.3 is 14.4 Å². The van der Waals surface area contributed by atoms with Crippen LogP contribution in [0.25, 0.3) is 0 Å². The maximum absolute atomic E-state index is 11.4. The van der Waals surface area contributed by atoms with E-state index in [9.17, 15) is 10.1 Å². The molecule has 4 rings (SSSR count). The second kappa shape index (κ2) is 6.30. The zero-order valence-electron chi connectivity index (χ0n) is 15.6. The largest absolute Gasteiger partial charge is 0.454 e. The highest BCUT2D eigenvalue weighted by molar-refractivity contribution is 5.70. The van der Waals surface area contributed by atoms with Gasteiger partial charge in [-0.1, -0.05) is 44.2 Å². The van der Waals surface area contributed by atoms with Crippen LogP contribution in [-0.4, -0.2) is 25.3 Å². The van der Waals surface area contributed by atoms with E-state index in [1.165, 1.54) is 5.56 Å². The molecule has 27 heavy (non-hydrogen) atoms. The number of benzene rings is 2. The van der Waals surface area contributed by atoms with Gasteiger partial charge in [-0.05, 0) is 29.3 Å². The van der Waals surface area contributed by atoms with Gasteiger partial charge in [0.2, 0.25) is 13.3 Å². The summed E-state index contributed by atoms with van der Waals surface area (Å²) in [5.74, 6) is 0.957. The van der Waals surface area contributed by atoms with Gasteiger partial charge in [0.1, 0.15) is 0 Å². The first-order valence-electron chi connectivity index (χ1n) is 8.95. The van der Waals surface area contributed by atoms with Gasteiger partial charge in [-0.2, -0.15) is 0 Å². The molecule has 1 atom stereocenters. The number of likely N-dealkylation sites (N-methyl/N-ethyl adjacent to an activating group) is 1. The number of hydrogen-bond acceptors (Lipinski definition) is 5. The molecular formula is C21H22N2O4. The molecule has 6 nitrogen and oxygen atoms in total. The van der Waals surface area contributed by atoms with Crippen LogP contribution in [0.1, 0.15) is 30.9 Å². The van der Waals surface area contributed by atoms with Crippen molar-refractivity contribution >= 4 is 5.69 Å². The minimum Gasteiger partial charge on any atom is -0.454 e. The molecule has 2 aromatic carbocycles. The third-order valence-electron chi connectivity index (χ3n) is 5.47. The second-order valence-electron chi connectivity index (χ2n) is 7.49. The van der Waals surface area contributed by atoms with Crippen molar-refractivity contribution in [1.82, 2.24) is 0 Å². The topological polar surface area (TPSA) is 64.8 Å². The van der Waals surface area contributed by atoms with Crippen LogP contribution in [0, 0.1) is 10.1 Å². The number of anilines is 1. The molecule has 0 N–H and O–H groups in total. The summed E-state index contributed by atoms with van der Waals surface area (Å²) in [5.41, 5.74) is 4.05. The van der Waals surface area contributed by atoms with Gasteiger partial charge in [0.05, 0.1) is 5.92 Å². The Hall–Kier alpha value is -3.02. The van der Waals surface area contributed by atoms with Gasteiger partial charge in [-0.3, -0.25) is 10.1 Å². The molecule has 0 saturated heterocycles. The highest BCUT2D eigenvalue weighted by atomic mass is 16.7. The monoisotopic (exact) mass is 366 g/mol. The molecular weight excluding hydrogens is 344 g/mol. The quantitative estimate of drug-likeness (QED) is 0.602. The zero-order chi connectivity index (χ0) is 19.2. The van der Waals surface area contributed by atoms with Crippen LogP contribution in [0.3, 0.4) is 0 Å². The molecule has 0 spiro atoms. The summed E-state index contributed by atoms with van der Waals surface area (Å²) in [7, 11) is 2.02. The first kappa shape index (κ1) is 17.4. The number of allylic oxidation sites excluding steroid dienone is 1. The minimum atomic E-state index is -0.361. The standard InChI is InChI=1S/C21H22N2O4/c1-21(2)16-6-4-5-7-17(16)22(3)20(21)11-15(12-23(24)25)14-8-9-18-19(10-14)27-13-26-18/h4-11,15H,12-13H2,1-3H3/t15-/m0/s1. The molecule has 0 aliphatic carbocycles. The molecule has 0 radical (unpaired) electrons. The van der Waals surface area contributed by atoms with E-state index in [1.807, 2.05) is 43.5 Å². The molecule has 0 amide bonds. The van der Waals surface area contributed by atoms with Crippen LogP contribution in [-0.2, 0) is 5.41 Å². The van der Waals surface area contributed by atoms with Crippen molar-refractivity contribution < 1.29 is 14.4 Å². The summed E-state index contributed by atoms with van der Waals surface area (Å²) in [5, 5.41) is 11.4. The molecule has 0 saturated carbocycles. The summed E-state index contributed by atoms with van der Waals surface area (Å²) in [6.07, 6.45) is 2.03. The first-order valence-corrected chi connectivity index (χ1v) is 8.95. The average Bonchev–Trinajstić information content (AvgIpc) is 3.18. The fourth-order valence-corrected chi connectivity index (χ4v) is 4.05. The summed E-state index contributed by atoms with van der Waals surface area (Å²) in [6.45, 7) is 4.32. The number of rotatable bonds is 4. The van der Waals surface area contributed by atoms with Crippen molar-refractivity contribution in [2.45, 2.75) is 25.2 Å². The predicted octanol–water partition coefficient (Wildman–Crippen LogP) is 4.09. The number of hydrogen-bond donors (Lipinski definition) is 0. The van der Waals surface area contributed by atoms with Crippen molar-refractivity contribution in [3.8, 4) is 11.5 Å². The summed E-state index contributed by atoms with van der Waals surface area (Å²) in [4.78, 5) is 13.2. The van der Waals surface area contributed by atoms with Gasteiger partial charge in [0, 0.05) is 28.8 Å². The van der Waals surface area contributed by atoms with Crippen molar-refractivity contribution in [3.05, 3.63) is 75.5 Å². The summed E-state index contributed by atoms with van der Waals surface area (Å²) in [6, 6.07) is 13.8. The van der Waals surface area contributed by atoms with Crippen LogP contribution in [0.2, 0.25) is 0 Å². The third kappa shape index (κ3) is 2.91. The SMILES string of the molecule is CN1C(=C[C@@H](C[N+](=O)[O-])c2ccc3c(c2)OCO3)C(C)(C)c2ccccc21. The second-order valence-corrected chi connectivity index (χ2v) is 7.49. The lowest BCUT2D eigenvalue weighted by Gasteiger charge is -2.26. The van der Waals surface area contributed by atoms with Gasteiger partial charge in [-0.15, -0.1) is 0 Å². The van der Waals surface area contributed by atoms with Crippen LogP contribution >= 0.6 is 0 Å². The maximum Gasteiger partial charge on any atom is 0.231 e. The van der Waals surface area contributed by atoms with Crippen molar-refractivity contribution in [2.24, 2.45) is 0 Å². The Morgan fingerprint density at radius 3 is 2.70 bits per heavy atom. The predicted molar refractivity (Wildman–Crippen MR) is 103 cm³/mol. The van der Waals surface area contributed by atoms with E-state index in [2.05, 4.69) is 30.9 Å². The van der Waals surface area contributed by atoms with E-state index in [4.69, 9.17) is 9.47 Å². The van der Waals surface area contributed by atoms with E-state index in [0.717, 1.165) is 16.9 Å². The van der Waals surface area contributed by atoms with Crippen LogP contribution in [0.15, 0.2) is 54.2 Å². The van der Waals surface area contributed by atoms with E-state index >= 15 is 0 Å². The highest BCUT2D eigenvalue weighted by Gasteiger charge is 2.39. The van der Waals surface area contributed by atoms with Gasteiger partial charge in [0.25, 0.3) is 0 Å². The Morgan fingerprint density at radius 2 is 1.96 bits per heavy atom. The minimum absolute atomic E-state index is 0.177. The van der Waals surface area contributed by atoms with Crippen LogP contribution in [0.5, 0.6) is 11.5 Å². The lowest BCUT2D eigenvalue weighted by Crippen LogP contribution is -2.25. The third-order valence-corrected chi connectivity index (χ3v) is 5.47. The molecule has 2 aliphatic heterocycles. The lowest BCUT2D eigenvalue weighted by atomic mass is 9.82. The smallest absolute Gasteiger partial charge is 0.231 e. The Labute approximate surface area is 158 Å². The van der Waals surface area contributed by atoms with Crippen molar-refractivity contribution in [3.63, 3.8) is 0 Å². The van der Waals surface area contributed by atoms with E-state index in [-0.39, 0.29) is 29.6 Å². The Morgan fingerprint density at radius 1 is 1.22 bits per heavy atom. The van der Waals surface area contributed by atoms with Crippen LogP contribution < -0.4 is 14.4 Å². The number of nitrogens with zero attached hydrogens (tertiary/aromatic N) is 2. The van der Waals surface area contributed by atoms with E-state index < -0.39 is 0 Å². The molecule has 2 aromatic rings. The van der Waals surface area contributed by atoms with E-state index in [0.29, 0.717) is 11.5 Å². The molecule has 0 aromatic heterocycles. The Kier molecular flexibility index (Phi) is 4.06. The van der Waals surface area contributed by atoms with Gasteiger partial charge >= 0.3 is 0 Å². The number of para-hydroxylation sites is 1. The molecule has 0 bridgehead atoms. The Balaban J connectivity index is 1.77. The maximum atomic E-state index is 11.4. The fourth-order valence-electron chi connectivity index (χ4n) is 4.05. The first-order chi connectivity index (χ1) is 12.9. The average molecular weight is 366 g/mol. The molecule has 0 unspecified atom stereocenters. The van der Waals surface area contributed by atoms with Crippen molar-refractivity contribution in [1.29, 1.82) is 0 Å². The molecule has 6 heteroatoms. The number of ether oxygens (including phenoxy) is 2. The molecule has 2 aliphatic rings. The van der Waals surface area contributed by atoms with E-state index in [1.54, 1.807) is 0 Å². The number of nitro groups is 1. The van der Waals surface area contributed by atoms with Gasteiger partial charge in [-0.25, -0.2) is 0 Å². The fraction of sp³-hybridized carbons (Fsp3) is 0.333.